The topological polar surface area (TPSA) is 75.2 Å². The molecule has 1 saturated carbocycles. The first-order valence-electron chi connectivity index (χ1n) is 8.63. The molecule has 0 atom stereocenters. The van der Waals surface area contributed by atoms with Crippen LogP contribution in [0.1, 0.15) is 38.5 Å². The molecule has 2 aliphatic rings. The first-order chi connectivity index (χ1) is 12.1. The van der Waals surface area contributed by atoms with Gasteiger partial charge in [-0.15, -0.1) is 0 Å². The van der Waals surface area contributed by atoms with Crippen LogP contribution in [0.5, 0.6) is 0 Å². The molecule has 2 fully saturated rings. The molecular weight excluding hydrogens is 384 g/mol. The zero-order chi connectivity index (χ0) is 17.4. The van der Waals surface area contributed by atoms with Crippen LogP contribution in [0.2, 0.25) is 0 Å². The Morgan fingerprint density at radius 2 is 1.76 bits per heavy atom. The highest BCUT2D eigenvalue weighted by Crippen LogP contribution is 2.30. The van der Waals surface area contributed by atoms with E-state index in [1.807, 2.05) is 18.2 Å². The molecule has 1 aromatic carbocycles. The molecule has 1 N–H and O–H groups in total. The summed E-state index contributed by atoms with van der Waals surface area (Å²) in [6.45, 7) is 0. The summed E-state index contributed by atoms with van der Waals surface area (Å²) in [5.41, 5.74) is 0.905. The quantitative estimate of drug-likeness (QED) is 0.797. The Balaban J connectivity index is 1.45. The summed E-state index contributed by atoms with van der Waals surface area (Å²) >= 11 is 3.50. The molecule has 1 aromatic heterocycles. The number of amides is 2. The number of benzene rings is 1. The second kappa shape index (κ2) is 6.71. The van der Waals surface area contributed by atoms with Crippen molar-refractivity contribution in [2.24, 2.45) is 0 Å². The molecule has 130 valence electrons. The van der Waals surface area contributed by atoms with Crippen LogP contribution in [-0.4, -0.2) is 38.8 Å². The van der Waals surface area contributed by atoms with Crippen molar-refractivity contribution in [3.63, 3.8) is 0 Å². The van der Waals surface area contributed by atoms with E-state index in [4.69, 9.17) is 0 Å². The third-order valence-electron chi connectivity index (χ3n) is 5.09. The molecule has 1 saturated heterocycles. The number of carbonyl (C=O) groups is 2. The van der Waals surface area contributed by atoms with Crippen molar-refractivity contribution in [3.05, 3.63) is 29.0 Å². The van der Waals surface area contributed by atoms with E-state index in [2.05, 4.69) is 31.2 Å². The summed E-state index contributed by atoms with van der Waals surface area (Å²) in [6.07, 6.45) is 5.86. The predicted octanol–water partition coefficient (Wildman–Crippen LogP) is 3.26. The molecule has 0 unspecified atom stereocenters. The summed E-state index contributed by atoms with van der Waals surface area (Å²) < 4.78 is 0.993. The minimum absolute atomic E-state index is 0.00643. The Morgan fingerprint density at radius 1 is 1.04 bits per heavy atom. The van der Waals surface area contributed by atoms with Gasteiger partial charge in [-0.25, -0.2) is 9.97 Å². The lowest BCUT2D eigenvalue weighted by atomic mass is 9.90. The molecule has 1 aliphatic heterocycles. The highest BCUT2D eigenvalue weighted by molar-refractivity contribution is 9.10. The van der Waals surface area contributed by atoms with Gasteiger partial charge in [0.2, 0.25) is 11.8 Å². The number of nitrogens with zero attached hydrogens (tertiary/aromatic N) is 3. The van der Waals surface area contributed by atoms with E-state index in [1.165, 1.54) is 4.90 Å². The second-order valence-electron chi connectivity index (χ2n) is 6.69. The fourth-order valence-electron chi connectivity index (χ4n) is 3.82. The smallest absolute Gasteiger partial charge is 0.229 e. The summed E-state index contributed by atoms with van der Waals surface area (Å²) in [5, 5.41) is 4.51. The van der Waals surface area contributed by atoms with Gasteiger partial charge in [-0.3, -0.25) is 14.5 Å². The molecular formula is C18H19BrN4O2. The molecule has 25 heavy (non-hydrogen) atoms. The fraction of sp³-hybridized carbons (Fsp3) is 0.444. The minimum atomic E-state index is -0.00643. The summed E-state index contributed by atoms with van der Waals surface area (Å²) in [7, 11) is 0. The van der Waals surface area contributed by atoms with Gasteiger partial charge >= 0.3 is 0 Å². The average molecular weight is 403 g/mol. The third-order valence-corrected chi connectivity index (χ3v) is 5.58. The molecule has 2 amide bonds. The summed E-state index contributed by atoms with van der Waals surface area (Å²) in [4.78, 5) is 34.0. The van der Waals surface area contributed by atoms with Gasteiger partial charge in [-0.05, 0) is 43.9 Å². The molecule has 7 heteroatoms. The summed E-state index contributed by atoms with van der Waals surface area (Å²) in [5.74, 6) is 0.823. The van der Waals surface area contributed by atoms with Crippen molar-refractivity contribution in [2.45, 2.75) is 50.6 Å². The van der Waals surface area contributed by atoms with Crippen LogP contribution in [-0.2, 0) is 9.59 Å². The van der Waals surface area contributed by atoms with Crippen molar-refractivity contribution in [3.8, 4) is 0 Å². The van der Waals surface area contributed by atoms with Crippen molar-refractivity contribution in [1.29, 1.82) is 0 Å². The number of aromatic nitrogens is 2. The first kappa shape index (κ1) is 16.4. The lowest BCUT2D eigenvalue weighted by molar-refractivity contribution is -0.141. The number of likely N-dealkylation sites (tertiary alicyclic amines) is 1. The van der Waals surface area contributed by atoms with Crippen molar-refractivity contribution in [2.75, 3.05) is 5.32 Å². The number of carbonyl (C=O) groups excluding carboxylic acids is 2. The van der Waals surface area contributed by atoms with Gasteiger partial charge in [0.05, 0.1) is 5.52 Å². The van der Waals surface area contributed by atoms with E-state index in [9.17, 15) is 9.59 Å². The number of rotatable bonds is 3. The number of fused-ring (bicyclic) bond motifs is 1. The van der Waals surface area contributed by atoms with Crippen LogP contribution < -0.4 is 5.32 Å². The maximum atomic E-state index is 11.9. The Kier molecular flexibility index (Phi) is 4.41. The SMILES string of the molecule is O=C1CCC(=O)N1C1CCC(Nc2ncnc3ccc(Br)cc23)CC1. The van der Waals surface area contributed by atoms with Gasteiger partial charge in [0, 0.05) is 34.8 Å². The van der Waals surface area contributed by atoms with Gasteiger partial charge in [0.25, 0.3) is 0 Å². The first-order valence-corrected chi connectivity index (χ1v) is 9.43. The molecule has 4 rings (SSSR count). The van der Waals surface area contributed by atoms with Gasteiger partial charge in [0.15, 0.2) is 0 Å². The van der Waals surface area contributed by atoms with Crippen LogP contribution in [0.3, 0.4) is 0 Å². The lowest BCUT2D eigenvalue weighted by Crippen LogP contribution is -2.43. The number of hydrogen-bond donors (Lipinski definition) is 1. The Hall–Kier alpha value is -2.02. The van der Waals surface area contributed by atoms with Crippen LogP contribution in [0.4, 0.5) is 5.82 Å². The number of nitrogens with one attached hydrogen (secondary N) is 1. The fourth-order valence-corrected chi connectivity index (χ4v) is 4.18. The van der Waals surface area contributed by atoms with E-state index in [0.717, 1.165) is 46.9 Å². The van der Waals surface area contributed by atoms with E-state index in [1.54, 1.807) is 6.33 Å². The second-order valence-corrected chi connectivity index (χ2v) is 7.61. The average Bonchev–Trinajstić information content (AvgIpc) is 2.95. The molecule has 2 aromatic rings. The van der Waals surface area contributed by atoms with Gasteiger partial charge < -0.3 is 5.32 Å². The third kappa shape index (κ3) is 3.25. The number of hydrogen-bond acceptors (Lipinski definition) is 5. The lowest BCUT2D eigenvalue weighted by Gasteiger charge is -2.34. The van der Waals surface area contributed by atoms with E-state index < -0.39 is 0 Å². The van der Waals surface area contributed by atoms with Gasteiger partial charge in [-0.1, -0.05) is 15.9 Å². The van der Waals surface area contributed by atoms with Crippen molar-refractivity contribution >= 4 is 44.5 Å². The molecule has 0 spiro atoms. The summed E-state index contributed by atoms with van der Waals surface area (Å²) in [6, 6.07) is 6.31. The molecule has 1 aliphatic carbocycles. The van der Waals surface area contributed by atoms with E-state index in [-0.39, 0.29) is 17.9 Å². The Labute approximate surface area is 154 Å². The van der Waals surface area contributed by atoms with Crippen molar-refractivity contribution in [1.82, 2.24) is 14.9 Å². The molecule has 6 nitrogen and oxygen atoms in total. The van der Waals surface area contributed by atoms with Crippen LogP contribution in [0.25, 0.3) is 10.9 Å². The maximum absolute atomic E-state index is 11.9. The normalized spacial score (nSPS) is 24.1. The molecule has 0 radical (unpaired) electrons. The monoisotopic (exact) mass is 402 g/mol. The van der Waals surface area contributed by atoms with Gasteiger partial charge in [0.1, 0.15) is 12.1 Å². The Morgan fingerprint density at radius 3 is 2.48 bits per heavy atom. The maximum Gasteiger partial charge on any atom is 0.229 e. The number of halogens is 1. The highest BCUT2D eigenvalue weighted by atomic mass is 79.9. The zero-order valence-corrected chi connectivity index (χ0v) is 15.3. The van der Waals surface area contributed by atoms with E-state index in [0.29, 0.717) is 18.9 Å². The Bertz CT molecular complexity index is 817. The zero-order valence-electron chi connectivity index (χ0n) is 13.7. The standard InChI is InChI=1S/C18H19BrN4O2/c19-11-1-6-15-14(9-11)18(21-10-20-15)22-12-2-4-13(5-3-12)23-16(24)7-8-17(23)25/h1,6,9-10,12-13H,2-5,7-8H2,(H,20,21,22). The number of anilines is 1. The van der Waals surface area contributed by atoms with E-state index >= 15 is 0 Å². The van der Waals surface area contributed by atoms with Crippen LogP contribution in [0.15, 0.2) is 29.0 Å². The molecule has 2 heterocycles. The van der Waals surface area contributed by atoms with Crippen LogP contribution >= 0.6 is 15.9 Å². The van der Waals surface area contributed by atoms with Gasteiger partial charge in [-0.2, -0.15) is 0 Å². The van der Waals surface area contributed by atoms with Crippen molar-refractivity contribution < 1.29 is 9.59 Å². The largest absolute Gasteiger partial charge is 0.367 e. The minimum Gasteiger partial charge on any atom is -0.367 e. The predicted molar refractivity (Wildman–Crippen MR) is 98.0 cm³/mol. The van der Waals surface area contributed by atoms with Crippen LogP contribution in [0, 0.1) is 0 Å². The molecule has 0 bridgehead atoms. The number of imide groups is 1. The highest BCUT2D eigenvalue weighted by Gasteiger charge is 2.36.